The van der Waals surface area contributed by atoms with Crippen molar-refractivity contribution in [3.05, 3.63) is 28.2 Å². The predicted molar refractivity (Wildman–Crippen MR) is 77.1 cm³/mol. The van der Waals surface area contributed by atoms with Crippen LogP contribution in [-0.4, -0.2) is 22.7 Å². The third kappa shape index (κ3) is 3.90. The third-order valence-corrected chi connectivity index (χ3v) is 3.60. The fourth-order valence-corrected chi connectivity index (χ4v) is 2.55. The number of hydrogen-bond acceptors (Lipinski definition) is 3. The van der Waals surface area contributed by atoms with Gasteiger partial charge in [0.25, 0.3) is 0 Å². The molecule has 2 rings (SSSR count). The van der Waals surface area contributed by atoms with Gasteiger partial charge in [-0.3, -0.25) is 0 Å². The van der Waals surface area contributed by atoms with Gasteiger partial charge in [0.1, 0.15) is 15.9 Å². The molecule has 0 aromatic carbocycles. The normalized spacial score (nSPS) is 25.1. The Hall–Kier alpha value is -1.24. The summed E-state index contributed by atoms with van der Waals surface area (Å²) >= 11 is 3.03. The maximum atomic E-state index is 14.6. The molecule has 1 aliphatic carbocycles. The highest BCUT2D eigenvalue weighted by Gasteiger charge is 2.49. The molecular weight excluding hydrogens is 346 g/mol. The highest BCUT2D eigenvalue weighted by Crippen LogP contribution is 2.46. The summed E-state index contributed by atoms with van der Waals surface area (Å²) in [4.78, 5) is 15.1. The molecule has 1 aromatic heterocycles. The first-order valence-corrected chi connectivity index (χ1v) is 7.39. The van der Waals surface area contributed by atoms with Crippen LogP contribution in [0.4, 0.5) is 13.6 Å². The number of alkyl halides is 1. The third-order valence-electron chi connectivity index (χ3n) is 3.16. The molecule has 0 bridgehead atoms. The second-order valence-electron chi connectivity index (χ2n) is 6.19. The Morgan fingerprint density at radius 3 is 2.62 bits per heavy atom. The number of aromatic nitrogens is 1. The molecule has 1 heterocycles. The Labute approximate surface area is 130 Å². The van der Waals surface area contributed by atoms with Crippen molar-refractivity contribution in [3.8, 4) is 0 Å². The Morgan fingerprint density at radius 2 is 2.10 bits per heavy atom. The van der Waals surface area contributed by atoms with Gasteiger partial charge in [-0.25, -0.2) is 14.2 Å². The van der Waals surface area contributed by atoms with Crippen LogP contribution in [0.3, 0.4) is 0 Å². The van der Waals surface area contributed by atoms with Crippen LogP contribution in [-0.2, 0) is 10.4 Å². The van der Waals surface area contributed by atoms with Crippen LogP contribution in [0.1, 0.15) is 39.2 Å². The summed E-state index contributed by atoms with van der Waals surface area (Å²) in [6.07, 6.45) is -0.581. The van der Waals surface area contributed by atoms with E-state index in [9.17, 15) is 13.6 Å². The molecule has 21 heavy (non-hydrogen) atoms. The molecule has 7 heteroatoms. The van der Waals surface area contributed by atoms with Gasteiger partial charge in [-0.2, -0.15) is 4.39 Å². The fraction of sp³-hybridized carbons (Fsp3) is 0.571. The first-order chi connectivity index (χ1) is 9.59. The van der Waals surface area contributed by atoms with E-state index < -0.39 is 23.3 Å². The molecule has 1 aromatic rings. The lowest BCUT2D eigenvalue weighted by Crippen LogP contribution is -2.52. The van der Waals surface area contributed by atoms with Crippen molar-refractivity contribution in [1.29, 1.82) is 0 Å². The van der Waals surface area contributed by atoms with Crippen LogP contribution >= 0.6 is 15.9 Å². The number of nitrogens with zero attached hydrogens (tertiary/aromatic N) is 1. The van der Waals surface area contributed by atoms with E-state index in [1.165, 1.54) is 12.1 Å². The molecule has 0 spiro atoms. The van der Waals surface area contributed by atoms with Crippen LogP contribution in [0, 0.1) is 5.95 Å². The second-order valence-corrected chi connectivity index (χ2v) is 7.00. The molecule has 0 aliphatic heterocycles. The maximum Gasteiger partial charge on any atom is 0.407 e. The number of alkyl carbamates (subject to hydrolysis) is 1. The highest BCUT2D eigenvalue weighted by atomic mass is 79.9. The van der Waals surface area contributed by atoms with Crippen molar-refractivity contribution >= 4 is 22.0 Å². The van der Waals surface area contributed by atoms with E-state index in [-0.39, 0.29) is 24.4 Å². The number of hydrogen-bond donors (Lipinski definition) is 1. The number of halogens is 3. The number of pyridine rings is 1. The number of amides is 1. The topological polar surface area (TPSA) is 51.2 Å². The summed E-state index contributed by atoms with van der Waals surface area (Å²) in [7, 11) is 0. The molecule has 1 N–H and O–H groups in total. The molecule has 0 saturated heterocycles. The van der Waals surface area contributed by atoms with Gasteiger partial charge in [0.2, 0.25) is 5.95 Å². The van der Waals surface area contributed by atoms with Gasteiger partial charge < -0.3 is 10.1 Å². The van der Waals surface area contributed by atoms with Crippen molar-refractivity contribution < 1.29 is 18.3 Å². The summed E-state index contributed by atoms with van der Waals surface area (Å²) < 4.78 is 33.7. The van der Waals surface area contributed by atoms with E-state index in [1.54, 1.807) is 20.8 Å². The first kappa shape index (κ1) is 16.1. The van der Waals surface area contributed by atoms with E-state index in [0.29, 0.717) is 4.60 Å². The van der Waals surface area contributed by atoms with Gasteiger partial charge in [-0.15, -0.1) is 0 Å². The lowest BCUT2D eigenvalue weighted by Gasteiger charge is -2.41. The van der Waals surface area contributed by atoms with E-state index in [1.807, 2.05) is 0 Å². The van der Waals surface area contributed by atoms with Crippen molar-refractivity contribution in [2.24, 2.45) is 0 Å². The maximum absolute atomic E-state index is 14.6. The minimum Gasteiger partial charge on any atom is -0.444 e. The molecule has 0 radical (unpaired) electrons. The van der Waals surface area contributed by atoms with Gasteiger partial charge in [0, 0.05) is 24.4 Å². The lowest BCUT2D eigenvalue weighted by atomic mass is 9.73. The molecular formula is C14H17BrF2N2O2. The van der Waals surface area contributed by atoms with Crippen molar-refractivity contribution in [1.82, 2.24) is 10.3 Å². The number of rotatable bonds is 2. The zero-order chi connectivity index (χ0) is 15.8. The molecule has 1 fully saturated rings. The Kier molecular flexibility index (Phi) is 4.24. The van der Waals surface area contributed by atoms with Crippen molar-refractivity contribution in [2.45, 2.75) is 50.9 Å². The SMILES string of the molecule is CC(C)(C)OC(=O)NC1CC(F)(c2ccc(Br)nc2F)C1. The van der Waals surface area contributed by atoms with Crippen LogP contribution in [0.5, 0.6) is 0 Å². The van der Waals surface area contributed by atoms with Gasteiger partial charge in [0.05, 0.1) is 0 Å². The summed E-state index contributed by atoms with van der Waals surface area (Å²) in [6.45, 7) is 5.24. The van der Waals surface area contributed by atoms with E-state index in [2.05, 4.69) is 26.2 Å². The van der Waals surface area contributed by atoms with Gasteiger partial charge >= 0.3 is 6.09 Å². The van der Waals surface area contributed by atoms with Crippen molar-refractivity contribution in [3.63, 3.8) is 0 Å². The number of nitrogens with one attached hydrogen (secondary N) is 1. The van der Waals surface area contributed by atoms with E-state index in [4.69, 9.17) is 4.74 Å². The largest absolute Gasteiger partial charge is 0.444 e. The van der Waals surface area contributed by atoms with Gasteiger partial charge in [-0.05, 0) is 48.8 Å². The number of ether oxygens (including phenoxy) is 1. The van der Waals surface area contributed by atoms with Crippen LogP contribution in [0.15, 0.2) is 16.7 Å². The van der Waals surface area contributed by atoms with Crippen LogP contribution in [0.2, 0.25) is 0 Å². The summed E-state index contributed by atoms with van der Waals surface area (Å²) in [5.41, 5.74) is -2.48. The zero-order valence-corrected chi connectivity index (χ0v) is 13.6. The summed E-state index contributed by atoms with van der Waals surface area (Å²) in [5, 5.41) is 2.58. The highest BCUT2D eigenvalue weighted by molar-refractivity contribution is 9.10. The second kappa shape index (κ2) is 5.51. The zero-order valence-electron chi connectivity index (χ0n) is 12.0. The molecule has 1 aliphatic rings. The monoisotopic (exact) mass is 362 g/mol. The lowest BCUT2D eigenvalue weighted by molar-refractivity contribution is 0.00752. The smallest absolute Gasteiger partial charge is 0.407 e. The van der Waals surface area contributed by atoms with E-state index in [0.717, 1.165) is 0 Å². The Morgan fingerprint density at radius 1 is 1.48 bits per heavy atom. The molecule has 1 amide bonds. The average Bonchev–Trinajstić information content (AvgIpc) is 2.23. The van der Waals surface area contributed by atoms with Crippen molar-refractivity contribution in [2.75, 3.05) is 0 Å². The minimum atomic E-state index is -1.79. The number of carbonyl (C=O) groups excluding carboxylic acids is 1. The Bertz CT molecular complexity index is 554. The van der Waals surface area contributed by atoms with Gasteiger partial charge in [-0.1, -0.05) is 0 Å². The summed E-state index contributed by atoms with van der Waals surface area (Å²) in [6, 6.07) is 2.50. The number of carbonyl (C=O) groups is 1. The molecule has 0 unspecified atom stereocenters. The van der Waals surface area contributed by atoms with Crippen LogP contribution in [0.25, 0.3) is 0 Å². The van der Waals surface area contributed by atoms with E-state index >= 15 is 0 Å². The summed E-state index contributed by atoms with van der Waals surface area (Å²) in [5.74, 6) is -0.831. The quantitative estimate of drug-likeness (QED) is 0.813. The predicted octanol–water partition coefficient (Wildman–Crippen LogP) is 3.84. The molecule has 4 nitrogen and oxygen atoms in total. The molecule has 0 atom stereocenters. The average molecular weight is 363 g/mol. The van der Waals surface area contributed by atoms with Crippen LogP contribution < -0.4 is 5.32 Å². The fourth-order valence-electron chi connectivity index (χ4n) is 2.26. The standard InChI is InChI=1S/C14H17BrF2N2O2/c1-13(2,3)21-12(20)18-8-6-14(17,7-8)9-4-5-10(15)19-11(9)16/h4-5,8H,6-7H2,1-3H3,(H,18,20). The molecule has 1 saturated carbocycles. The minimum absolute atomic E-state index is 0.00642. The molecule has 116 valence electrons. The Balaban J connectivity index is 1.94. The van der Waals surface area contributed by atoms with Gasteiger partial charge in [0.15, 0.2) is 0 Å². The first-order valence-electron chi connectivity index (χ1n) is 6.60.